The average molecular weight is 266 g/mol. The molecule has 0 bridgehead atoms. The van der Waals surface area contributed by atoms with E-state index in [0.717, 1.165) is 15.6 Å². The van der Waals surface area contributed by atoms with E-state index in [0.29, 0.717) is 0 Å². The van der Waals surface area contributed by atoms with Crippen LogP contribution in [0.2, 0.25) is 0 Å². The highest BCUT2D eigenvalue weighted by Crippen LogP contribution is 2.21. The number of nitrogens with two attached hydrogens (primary N) is 1. The second kappa shape index (κ2) is 4.16. The van der Waals surface area contributed by atoms with Gasteiger partial charge in [0.15, 0.2) is 0 Å². The minimum absolute atomic E-state index is 0.115. The summed E-state index contributed by atoms with van der Waals surface area (Å²) >= 11 is 3.43. The van der Waals surface area contributed by atoms with Crippen LogP contribution in [0.4, 0.5) is 0 Å². The molecule has 0 aliphatic rings. The Balaban J connectivity index is 2.32. The maximum absolute atomic E-state index is 6.12. The van der Waals surface area contributed by atoms with Gasteiger partial charge in [-0.05, 0) is 17.7 Å². The van der Waals surface area contributed by atoms with Crippen molar-refractivity contribution in [3.8, 4) is 0 Å². The van der Waals surface area contributed by atoms with Gasteiger partial charge in [-0.2, -0.15) is 5.10 Å². The lowest BCUT2D eigenvalue weighted by Crippen LogP contribution is -2.10. The zero-order valence-corrected chi connectivity index (χ0v) is 9.98. The fourth-order valence-electron chi connectivity index (χ4n) is 1.49. The summed E-state index contributed by atoms with van der Waals surface area (Å²) in [5.74, 6) is 0. The van der Waals surface area contributed by atoms with Crippen molar-refractivity contribution in [2.24, 2.45) is 12.8 Å². The minimum atomic E-state index is -0.115. The van der Waals surface area contributed by atoms with E-state index in [9.17, 15) is 0 Å². The van der Waals surface area contributed by atoms with E-state index < -0.39 is 0 Å². The molecule has 2 N–H and O–H groups in total. The second-order valence-corrected chi connectivity index (χ2v) is 4.40. The predicted molar refractivity (Wildman–Crippen MR) is 63.4 cm³/mol. The Labute approximate surface area is 97.0 Å². The van der Waals surface area contributed by atoms with Gasteiger partial charge < -0.3 is 5.73 Å². The molecule has 3 nitrogen and oxygen atoms in total. The van der Waals surface area contributed by atoms with Crippen molar-refractivity contribution in [2.75, 3.05) is 0 Å². The zero-order chi connectivity index (χ0) is 10.8. The maximum atomic E-state index is 6.12. The van der Waals surface area contributed by atoms with Gasteiger partial charge in [0.2, 0.25) is 0 Å². The Bertz CT molecular complexity index is 464. The molecule has 0 saturated heterocycles. The van der Waals surface area contributed by atoms with Crippen LogP contribution < -0.4 is 5.73 Å². The van der Waals surface area contributed by atoms with Crippen molar-refractivity contribution < 1.29 is 0 Å². The van der Waals surface area contributed by atoms with Crippen molar-refractivity contribution >= 4 is 15.9 Å². The summed E-state index contributed by atoms with van der Waals surface area (Å²) in [5, 5.41) is 4.11. The first-order valence-corrected chi connectivity index (χ1v) is 5.45. The number of benzene rings is 1. The van der Waals surface area contributed by atoms with E-state index in [1.807, 2.05) is 37.5 Å². The van der Waals surface area contributed by atoms with Gasteiger partial charge in [0.1, 0.15) is 0 Å². The SMILES string of the molecule is Cn1cc(C(N)c2cccc(Br)c2)cn1. The molecule has 1 unspecified atom stereocenters. The van der Waals surface area contributed by atoms with E-state index in [2.05, 4.69) is 21.0 Å². The lowest BCUT2D eigenvalue weighted by Gasteiger charge is -2.09. The number of hydrogen-bond donors (Lipinski definition) is 1. The topological polar surface area (TPSA) is 43.8 Å². The number of aromatic nitrogens is 2. The molecule has 1 aromatic heterocycles. The Morgan fingerprint density at radius 2 is 2.20 bits per heavy atom. The third kappa shape index (κ3) is 2.27. The third-order valence-electron chi connectivity index (χ3n) is 2.29. The number of halogens is 1. The first-order chi connectivity index (χ1) is 7.16. The standard InChI is InChI=1S/C11H12BrN3/c1-15-7-9(6-14-15)11(13)8-3-2-4-10(12)5-8/h2-7,11H,13H2,1H3. The van der Waals surface area contributed by atoms with Crippen molar-refractivity contribution in [1.82, 2.24) is 9.78 Å². The molecule has 4 heteroatoms. The Hall–Kier alpha value is -1.13. The summed E-state index contributed by atoms with van der Waals surface area (Å²) in [5.41, 5.74) is 8.23. The lowest BCUT2D eigenvalue weighted by atomic mass is 10.0. The van der Waals surface area contributed by atoms with Crippen LogP contribution in [0.5, 0.6) is 0 Å². The molecule has 1 atom stereocenters. The summed E-state index contributed by atoms with van der Waals surface area (Å²) in [6, 6.07) is 7.89. The number of nitrogens with zero attached hydrogens (tertiary/aromatic N) is 2. The molecule has 1 aromatic carbocycles. The number of aryl methyl sites for hydroxylation is 1. The van der Waals surface area contributed by atoms with Crippen molar-refractivity contribution in [3.05, 3.63) is 52.3 Å². The number of rotatable bonds is 2. The average Bonchev–Trinajstić information content (AvgIpc) is 2.64. The van der Waals surface area contributed by atoms with Crippen LogP contribution in [0, 0.1) is 0 Å². The number of hydrogen-bond acceptors (Lipinski definition) is 2. The highest BCUT2D eigenvalue weighted by molar-refractivity contribution is 9.10. The summed E-state index contributed by atoms with van der Waals surface area (Å²) in [4.78, 5) is 0. The summed E-state index contributed by atoms with van der Waals surface area (Å²) < 4.78 is 2.80. The normalized spacial score (nSPS) is 12.7. The van der Waals surface area contributed by atoms with Crippen molar-refractivity contribution in [2.45, 2.75) is 6.04 Å². The quantitative estimate of drug-likeness (QED) is 0.905. The fourth-order valence-corrected chi connectivity index (χ4v) is 1.91. The molecule has 0 amide bonds. The molecule has 2 aromatic rings. The first kappa shape index (κ1) is 10.4. The maximum Gasteiger partial charge on any atom is 0.0583 e. The van der Waals surface area contributed by atoms with Crippen LogP contribution >= 0.6 is 15.9 Å². The van der Waals surface area contributed by atoms with E-state index >= 15 is 0 Å². The van der Waals surface area contributed by atoms with Crippen LogP contribution in [0.25, 0.3) is 0 Å². The van der Waals surface area contributed by atoms with Crippen molar-refractivity contribution in [1.29, 1.82) is 0 Å². The Morgan fingerprint density at radius 3 is 2.80 bits per heavy atom. The van der Waals surface area contributed by atoms with E-state index in [1.165, 1.54) is 0 Å². The van der Waals surface area contributed by atoms with Gasteiger partial charge in [0.25, 0.3) is 0 Å². The Morgan fingerprint density at radius 1 is 1.40 bits per heavy atom. The first-order valence-electron chi connectivity index (χ1n) is 4.66. The largest absolute Gasteiger partial charge is 0.320 e. The minimum Gasteiger partial charge on any atom is -0.320 e. The molecule has 15 heavy (non-hydrogen) atoms. The van der Waals surface area contributed by atoms with E-state index in [-0.39, 0.29) is 6.04 Å². The van der Waals surface area contributed by atoms with Gasteiger partial charge in [-0.3, -0.25) is 4.68 Å². The smallest absolute Gasteiger partial charge is 0.0583 e. The summed E-state index contributed by atoms with van der Waals surface area (Å²) in [7, 11) is 1.89. The Kier molecular flexibility index (Phi) is 2.88. The molecule has 0 aliphatic heterocycles. The third-order valence-corrected chi connectivity index (χ3v) is 2.79. The van der Waals surface area contributed by atoms with Crippen LogP contribution in [0.3, 0.4) is 0 Å². The van der Waals surface area contributed by atoms with Gasteiger partial charge in [0, 0.05) is 23.3 Å². The van der Waals surface area contributed by atoms with Gasteiger partial charge in [0.05, 0.1) is 12.2 Å². The van der Waals surface area contributed by atoms with Gasteiger partial charge in [-0.1, -0.05) is 28.1 Å². The van der Waals surface area contributed by atoms with Crippen LogP contribution in [-0.2, 0) is 7.05 Å². The van der Waals surface area contributed by atoms with Gasteiger partial charge in [-0.25, -0.2) is 0 Å². The van der Waals surface area contributed by atoms with Gasteiger partial charge in [-0.15, -0.1) is 0 Å². The molecular formula is C11H12BrN3. The monoisotopic (exact) mass is 265 g/mol. The van der Waals surface area contributed by atoms with E-state index in [1.54, 1.807) is 10.9 Å². The molecule has 0 aliphatic carbocycles. The molecule has 2 rings (SSSR count). The second-order valence-electron chi connectivity index (χ2n) is 3.48. The summed E-state index contributed by atoms with van der Waals surface area (Å²) in [6.07, 6.45) is 3.73. The van der Waals surface area contributed by atoms with Crippen LogP contribution in [0.1, 0.15) is 17.2 Å². The highest BCUT2D eigenvalue weighted by Gasteiger charge is 2.10. The van der Waals surface area contributed by atoms with Crippen molar-refractivity contribution in [3.63, 3.8) is 0 Å². The molecule has 0 fully saturated rings. The molecule has 0 spiro atoms. The predicted octanol–water partition coefficient (Wildman–Crippen LogP) is 2.23. The molecule has 0 saturated carbocycles. The summed E-state index contributed by atoms with van der Waals surface area (Å²) in [6.45, 7) is 0. The molecule has 1 heterocycles. The van der Waals surface area contributed by atoms with Gasteiger partial charge >= 0.3 is 0 Å². The molecule has 0 radical (unpaired) electrons. The fraction of sp³-hybridized carbons (Fsp3) is 0.182. The molecule has 78 valence electrons. The lowest BCUT2D eigenvalue weighted by molar-refractivity contribution is 0.765. The highest BCUT2D eigenvalue weighted by atomic mass is 79.9. The zero-order valence-electron chi connectivity index (χ0n) is 8.39. The molecular weight excluding hydrogens is 254 g/mol. The van der Waals surface area contributed by atoms with Crippen LogP contribution in [-0.4, -0.2) is 9.78 Å². The van der Waals surface area contributed by atoms with E-state index in [4.69, 9.17) is 5.73 Å². The van der Waals surface area contributed by atoms with Crippen LogP contribution in [0.15, 0.2) is 41.1 Å².